The molecule has 0 aliphatic heterocycles. The summed E-state index contributed by atoms with van der Waals surface area (Å²) >= 11 is 0. The van der Waals surface area contributed by atoms with E-state index in [1.54, 1.807) is 12.1 Å². The topological polar surface area (TPSA) is 101 Å². The molecule has 31 heavy (non-hydrogen) atoms. The molecular weight excluding hydrogens is 422 g/mol. The molecule has 0 fully saturated rings. The maximum Gasteiger partial charge on any atom is 0.344 e. The Bertz CT molecular complexity index is 1060. The highest BCUT2D eigenvalue weighted by Gasteiger charge is 2.29. The molecule has 0 N–H and O–H groups in total. The minimum Gasteiger partial charge on any atom is -0.462 e. The summed E-state index contributed by atoms with van der Waals surface area (Å²) in [6, 6.07) is 6.13. The second-order valence-electron chi connectivity index (χ2n) is 5.87. The molecule has 0 bridgehead atoms. The number of esters is 2. The van der Waals surface area contributed by atoms with Gasteiger partial charge in [-0.1, -0.05) is 11.0 Å². The number of rotatable bonds is 8. The van der Waals surface area contributed by atoms with Crippen LogP contribution in [0.15, 0.2) is 29.4 Å². The number of halogens is 4. The molecule has 7 nitrogen and oxygen atoms in total. The lowest BCUT2D eigenvalue weighted by atomic mass is 10.1. The number of hydrogen-bond donors (Lipinski definition) is 0. The molecule has 2 rings (SSSR count). The largest absolute Gasteiger partial charge is 0.462 e. The first-order valence-electron chi connectivity index (χ1n) is 8.63. The van der Waals surface area contributed by atoms with Crippen molar-refractivity contribution in [1.82, 2.24) is 0 Å². The Labute approximate surface area is 173 Å². The monoisotopic (exact) mass is 435 g/mol. The molecular formula is C20H13F4N3O4. The number of ether oxygens (including phenoxy) is 2. The molecule has 2 aromatic carbocycles. The third kappa shape index (κ3) is 5.52. The highest BCUT2D eigenvalue weighted by atomic mass is 19.2. The number of carbonyl (C=O) groups excluding carboxylic acids is 2. The van der Waals surface area contributed by atoms with Gasteiger partial charge in [0.2, 0.25) is 0 Å². The summed E-state index contributed by atoms with van der Waals surface area (Å²) in [5, 5.41) is 2.52. The number of azide groups is 1. The van der Waals surface area contributed by atoms with Gasteiger partial charge in [0.25, 0.3) is 0 Å². The van der Waals surface area contributed by atoms with Gasteiger partial charge in [-0.2, -0.15) is 0 Å². The van der Waals surface area contributed by atoms with E-state index in [-0.39, 0.29) is 31.6 Å². The van der Waals surface area contributed by atoms with Gasteiger partial charge in [-0.3, -0.25) is 0 Å². The Morgan fingerprint density at radius 3 is 1.94 bits per heavy atom. The van der Waals surface area contributed by atoms with Gasteiger partial charge in [0.1, 0.15) is 11.3 Å². The first-order chi connectivity index (χ1) is 14.8. The quantitative estimate of drug-likeness (QED) is 0.0855. The standard InChI is InChI=1S/C20H13F4N3O4/c1-2-11-5-7-12(8-6-11)19(28)30-9-3-4-10-31-20(29)13-14(21)16(23)18(26-27-25)17(24)15(13)22/h1,5-8H,3-4,9-10H2. The van der Waals surface area contributed by atoms with Crippen LogP contribution in [0.1, 0.15) is 39.1 Å². The zero-order valence-corrected chi connectivity index (χ0v) is 15.7. The first-order valence-corrected chi connectivity index (χ1v) is 8.63. The van der Waals surface area contributed by atoms with E-state index >= 15 is 0 Å². The van der Waals surface area contributed by atoms with Gasteiger partial charge in [-0.25, -0.2) is 27.2 Å². The molecule has 160 valence electrons. The number of unbranched alkanes of at least 4 members (excludes halogenated alkanes) is 1. The number of carbonyl (C=O) groups is 2. The van der Waals surface area contributed by atoms with Crippen molar-refractivity contribution >= 4 is 17.6 Å². The van der Waals surface area contributed by atoms with E-state index in [9.17, 15) is 27.2 Å². The number of benzene rings is 2. The fraction of sp³-hybridized carbons (Fsp3) is 0.200. The zero-order valence-electron chi connectivity index (χ0n) is 15.7. The molecule has 0 aliphatic rings. The zero-order chi connectivity index (χ0) is 23.0. The molecule has 0 saturated heterocycles. The van der Waals surface area contributed by atoms with E-state index in [4.69, 9.17) is 16.7 Å². The molecule has 0 saturated carbocycles. The number of terminal acetylenes is 1. The second-order valence-corrected chi connectivity index (χ2v) is 5.87. The third-order valence-electron chi connectivity index (χ3n) is 3.88. The van der Waals surface area contributed by atoms with Gasteiger partial charge >= 0.3 is 11.9 Å². The number of hydrogen-bond acceptors (Lipinski definition) is 5. The molecule has 2 aromatic rings. The van der Waals surface area contributed by atoms with E-state index in [1.165, 1.54) is 12.1 Å². The van der Waals surface area contributed by atoms with Gasteiger partial charge in [-0.05, 0) is 42.6 Å². The van der Waals surface area contributed by atoms with Crippen molar-refractivity contribution in [3.8, 4) is 12.3 Å². The lowest BCUT2D eigenvalue weighted by Gasteiger charge is -2.10. The SMILES string of the molecule is C#Cc1ccc(C(=O)OCCCCOC(=O)c2c(F)c(F)c(N=[N+]=[N-])c(F)c2F)cc1. The summed E-state index contributed by atoms with van der Waals surface area (Å²) in [5.74, 6) is -7.98. The van der Waals surface area contributed by atoms with E-state index in [1.807, 2.05) is 0 Å². The molecule has 0 spiro atoms. The Kier molecular flexibility index (Phi) is 8.00. The smallest absolute Gasteiger partial charge is 0.344 e. The molecule has 0 heterocycles. The summed E-state index contributed by atoms with van der Waals surface area (Å²) in [4.78, 5) is 25.7. The van der Waals surface area contributed by atoms with Gasteiger partial charge < -0.3 is 9.47 Å². The van der Waals surface area contributed by atoms with Crippen molar-refractivity contribution in [3.63, 3.8) is 0 Å². The molecule has 0 aromatic heterocycles. The van der Waals surface area contributed by atoms with Crippen LogP contribution in [0.25, 0.3) is 10.4 Å². The van der Waals surface area contributed by atoms with Gasteiger partial charge in [0, 0.05) is 10.5 Å². The van der Waals surface area contributed by atoms with Crippen molar-refractivity contribution in [2.45, 2.75) is 12.8 Å². The summed E-state index contributed by atoms with van der Waals surface area (Å²) in [6.45, 7) is -0.409. The first kappa shape index (κ1) is 23.3. The average molecular weight is 435 g/mol. The van der Waals surface area contributed by atoms with Crippen molar-refractivity contribution in [1.29, 1.82) is 0 Å². The Morgan fingerprint density at radius 2 is 1.45 bits per heavy atom. The lowest BCUT2D eigenvalue weighted by molar-refractivity contribution is 0.0425. The summed E-state index contributed by atoms with van der Waals surface area (Å²) in [7, 11) is 0. The van der Waals surface area contributed by atoms with Crippen LogP contribution in [0, 0.1) is 35.6 Å². The van der Waals surface area contributed by atoms with Gasteiger partial charge in [0.05, 0.1) is 18.8 Å². The second kappa shape index (κ2) is 10.7. The van der Waals surface area contributed by atoms with Crippen molar-refractivity contribution in [3.05, 3.63) is 74.7 Å². The number of nitrogens with zero attached hydrogens (tertiary/aromatic N) is 3. The van der Waals surface area contributed by atoms with E-state index in [2.05, 4.69) is 20.7 Å². The lowest BCUT2D eigenvalue weighted by Crippen LogP contribution is -2.14. The maximum atomic E-state index is 13.9. The van der Waals surface area contributed by atoms with Crippen LogP contribution in [0.4, 0.5) is 23.2 Å². The molecule has 0 radical (unpaired) electrons. The molecule has 0 unspecified atom stereocenters. The normalized spacial score (nSPS) is 10.0. The minimum absolute atomic E-state index is 0.0416. The molecule has 0 atom stereocenters. The maximum absolute atomic E-state index is 13.9. The minimum atomic E-state index is -2.05. The third-order valence-corrected chi connectivity index (χ3v) is 3.88. The fourth-order valence-corrected chi connectivity index (χ4v) is 2.32. The summed E-state index contributed by atoms with van der Waals surface area (Å²) in [6.07, 6.45) is 5.57. The van der Waals surface area contributed by atoms with Gasteiger partial charge in [-0.15, -0.1) is 6.42 Å². The highest BCUT2D eigenvalue weighted by molar-refractivity contribution is 5.90. The van der Waals surface area contributed by atoms with Crippen LogP contribution in [0.3, 0.4) is 0 Å². The Balaban J connectivity index is 1.85. The van der Waals surface area contributed by atoms with Crippen LogP contribution in [0.5, 0.6) is 0 Å². The summed E-state index contributed by atoms with van der Waals surface area (Å²) < 4.78 is 64.7. The highest BCUT2D eigenvalue weighted by Crippen LogP contribution is 2.30. The van der Waals surface area contributed by atoms with Crippen LogP contribution in [0.2, 0.25) is 0 Å². The molecule has 0 aliphatic carbocycles. The fourth-order valence-electron chi connectivity index (χ4n) is 2.32. The van der Waals surface area contributed by atoms with E-state index in [0.717, 1.165) is 0 Å². The molecule has 0 amide bonds. The molecule has 11 heteroatoms. The summed E-state index contributed by atoms with van der Waals surface area (Å²) in [5.41, 5.74) is 5.94. The van der Waals surface area contributed by atoms with Crippen molar-refractivity contribution < 1.29 is 36.6 Å². The van der Waals surface area contributed by atoms with Crippen LogP contribution in [-0.4, -0.2) is 25.2 Å². The van der Waals surface area contributed by atoms with Crippen molar-refractivity contribution in [2.24, 2.45) is 5.11 Å². The Hall–Kier alpha value is -4.03. The van der Waals surface area contributed by atoms with E-state index < -0.39 is 46.5 Å². The van der Waals surface area contributed by atoms with Crippen LogP contribution >= 0.6 is 0 Å². The van der Waals surface area contributed by atoms with Crippen LogP contribution in [-0.2, 0) is 9.47 Å². The van der Waals surface area contributed by atoms with E-state index in [0.29, 0.717) is 5.56 Å². The van der Waals surface area contributed by atoms with Crippen molar-refractivity contribution in [2.75, 3.05) is 13.2 Å². The average Bonchev–Trinajstić information content (AvgIpc) is 2.77. The predicted octanol–water partition coefficient (Wildman–Crippen LogP) is 4.96. The van der Waals surface area contributed by atoms with Crippen LogP contribution < -0.4 is 0 Å². The van der Waals surface area contributed by atoms with Gasteiger partial charge in [0.15, 0.2) is 23.3 Å². The predicted molar refractivity (Wildman–Crippen MR) is 99.3 cm³/mol. The Morgan fingerprint density at radius 1 is 0.935 bits per heavy atom.